The number of hydrogen-bond acceptors (Lipinski definition) is 6. The molecule has 0 spiro atoms. The zero-order valence-corrected chi connectivity index (χ0v) is 12.6. The Bertz CT molecular complexity index is 752. The first-order valence-corrected chi connectivity index (χ1v) is 7.62. The number of methoxy groups -OCH3 is 1. The first kappa shape index (κ1) is 15.4. The Kier molecular flexibility index (Phi) is 4.51. The molecule has 0 aliphatic rings. The fourth-order valence-corrected chi connectivity index (χ4v) is 3.04. The number of pyridine rings is 1. The number of nitrogens with two attached hydrogens (primary N) is 1. The number of nitrogens with zero attached hydrogens (tertiary/aromatic N) is 1. The van der Waals surface area contributed by atoms with Gasteiger partial charge in [0.2, 0.25) is 0 Å². The van der Waals surface area contributed by atoms with E-state index in [0.717, 1.165) is 0 Å². The third-order valence-corrected chi connectivity index (χ3v) is 4.34. The summed E-state index contributed by atoms with van der Waals surface area (Å²) in [5, 5.41) is 0.241. The van der Waals surface area contributed by atoms with Gasteiger partial charge >= 0.3 is 0 Å². The maximum absolute atomic E-state index is 12.4. The number of halogens is 1. The Morgan fingerprint density at radius 3 is 2.76 bits per heavy atom. The van der Waals surface area contributed by atoms with Crippen molar-refractivity contribution in [2.24, 2.45) is 5.84 Å². The SMILES string of the molecule is COc1ccc(Cl)c(NS(=O)(=O)c2cccnc2NN)c1. The Labute approximate surface area is 127 Å². The van der Waals surface area contributed by atoms with Gasteiger partial charge in [0.1, 0.15) is 10.6 Å². The number of hydrazine groups is 1. The molecule has 112 valence electrons. The smallest absolute Gasteiger partial charge is 0.265 e. The highest BCUT2D eigenvalue weighted by molar-refractivity contribution is 7.92. The number of aromatic nitrogens is 1. The number of anilines is 2. The fourth-order valence-electron chi connectivity index (χ4n) is 1.63. The number of benzene rings is 1. The van der Waals surface area contributed by atoms with E-state index < -0.39 is 10.0 Å². The normalized spacial score (nSPS) is 11.0. The molecule has 21 heavy (non-hydrogen) atoms. The van der Waals surface area contributed by atoms with E-state index in [2.05, 4.69) is 15.1 Å². The summed E-state index contributed by atoms with van der Waals surface area (Å²) in [6.45, 7) is 0. The van der Waals surface area contributed by atoms with Crippen LogP contribution >= 0.6 is 11.6 Å². The van der Waals surface area contributed by atoms with Crippen LogP contribution in [0.4, 0.5) is 11.5 Å². The molecular formula is C12H13ClN4O3S. The van der Waals surface area contributed by atoms with Crippen LogP contribution in [-0.4, -0.2) is 20.5 Å². The van der Waals surface area contributed by atoms with Crippen LogP contribution in [-0.2, 0) is 10.0 Å². The first-order valence-electron chi connectivity index (χ1n) is 5.76. The van der Waals surface area contributed by atoms with Crippen molar-refractivity contribution in [1.29, 1.82) is 0 Å². The quantitative estimate of drug-likeness (QED) is 0.571. The van der Waals surface area contributed by atoms with Gasteiger partial charge in [0.25, 0.3) is 10.0 Å². The Morgan fingerprint density at radius 1 is 1.33 bits per heavy atom. The van der Waals surface area contributed by atoms with Crippen LogP contribution in [0.1, 0.15) is 0 Å². The predicted molar refractivity (Wildman–Crippen MR) is 80.9 cm³/mol. The largest absolute Gasteiger partial charge is 0.497 e. The Balaban J connectivity index is 2.42. The van der Waals surface area contributed by atoms with Gasteiger partial charge in [-0.2, -0.15) is 0 Å². The Morgan fingerprint density at radius 2 is 2.10 bits per heavy atom. The highest BCUT2D eigenvalue weighted by Crippen LogP contribution is 2.29. The summed E-state index contributed by atoms with van der Waals surface area (Å²) in [6.07, 6.45) is 1.42. The average Bonchev–Trinajstić information content (AvgIpc) is 2.49. The van der Waals surface area contributed by atoms with Crippen molar-refractivity contribution in [2.45, 2.75) is 4.90 Å². The van der Waals surface area contributed by atoms with E-state index in [4.69, 9.17) is 22.2 Å². The average molecular weight is 329 g/mol. The van der Waals surface area contributed by atoms with Crippen LogP contribution < -0.4 is 20.7 Å². The third-order valence-electron chi connectivity index (χ3n) is 2.61. The molecule has 0 radical (unpaired) electrons. The monoisotopic (exact) mass is 328 g/mol. The lowest BCUT2D eigenvalue weighted by Crippen LogP contribution is -2.18. The minimum absolute atomic E-state index is 0.0315. The summed E-state index contributed by atoms with van der Waals surface area (Å²) in [6, 6.07) is 7.49. The van der Waals surface area contributed by atoms with Gasteiger partial charge in [-0.15, -0.1) is 0 Å². The maximum atomic E-state index is 12.4. The number of nitrogen functional groups attached to an aromatic ring is 1. The lowest BCUT2D eigenvalue weighted by molar-refractivity contribution is 0.415. The molecule has 1 aromatic heterocycles. The van der Waals surface area contributed by atoms with E-state index in [1.165, 1.54) is 37.6 Å². The van der Waals surface area contributed by atoms with Crippen molar-refractivity contribution < 1.29 is 13.2 Å². The maximum Gasteiger partial charge on any atom is 0.265 e. The number of nitrogens with one attached hydrogen (secondary N) is 2. The van der Waals surface area contributed by atoms with Crippen LogP contribution in [0, 0.1) is 0 Å². The molecule has 0 bridgehead atoms. The molecule has 2 aromatic rings. The molecule has 9 heteroatoms. The van der Waals surface area contributed by atoms with Crippen LogP contribution in [0.25, 0.3) is 0 Å². The molecule has 1 heterocycles. The molecule has 2 rings (SSSR count). The zero-order valence-electron chi connectivity index (χ0n) is 11.0. The van der Waals surface area contributed by atoms with Gasteiger partial charge in [-0.05, 0) is 24.3 Å². The van der Waals surface area contributed by atoms with E-state index in [1.54, 1.807) is 6.07 Å². The standard InChI is InChI=1S/C12H13ClN4O3S/c1-20-8-4-5-9(13)10(7-8)17-21(18,19)11-3-2-6-15-12(11)16-14/h2-7,17H,14H2,1H3,(H,15,16). The minimum atomic E-state index is -3.90. The van der Waals surface area contributed by atoms with E-state index >= 15 is 0 Å². The highest BCUT2D eigenvalue weighted by atomic mass is 35.5. The summed E-state index contributed by atoms with van der Waals surface area (Å²) in [5.41, 5.74) is 2.43. The lowest BCUT2D eigenvalue weighted by atomic mass is 10.3. The molecule has 0 atom stereocenters. The second kappa shape index (κ2) is 6.17. The number of ether oxygens (including phenoxy) is 1. The van der Waals surface area contributed by atoms with Gasteiger partial charge in [-0.1, -0.05) is 11.6 Å². The van der Waals surface area contributed by atoms with Gasteiger partial charge in [0, 0.05) is 12.3 Å². The molecule has 0 amide bonds. The van der Waals surface area contributed by atoms with Crippen molar-refractivity contribution in [3.8, 4) is 5.75 Å². The molecule has 0 unspecified atom stereocenters. The van der Waals surface area contributed by atoms with Crippen molar-refractivity contribution in [2.75, 3.05) is 17.3 Å². The lowest BCUT2D eigenvalue weighted by Gasteiger charge is -2.12. The minimum Gasteiger partial charge on any atom is -0.497 e. The molecule has 0 saturated heterocycles. The molecule has 1 aromatic carbocycles. The van der Waals surface area contributed by atoms with Gasteiger partial charge in [-0.3, -0.25) is 4.72 Å². The second-order valence-electron chi connectivity index (χ2n) is 3.95. The summed E-state index contributed by atoms with van der Waals surface area (Å²) >= 11 is 5.98. The highest BCUT2D eigenvalue weighted by Gasteiger charge is 2.20. The summed E-state index contributed by atoms with van der Waals surface area (Å²) in [4.78, 5) is 3.76. The number of hydrogen-bond donors (Lipinski definition) is 3. The summed E-state index contributed by atoms with van der Waals surface area (Å²) < 4.78 is 32.2. The van der Waals surface area contributed by atoms with Crippen LogP contribution in [0.15, 0.2) is 41.4 Å². The third kappa shape index (κ3) is 3.35. The first-order chi connectivity index (χ1) is 9.97. The van der Waals surface area contributed by atoms with E-state index in [0.29, 0.717) is 5.75 Å². The molecular weight excluding hydrogens is 316 g/mol. The van der Waals surface area contributed by atoms with E-state index in [1.807, 2.05) is 0 Å². The Hall–Kier alpha value is -2.03. The summed E-state index contributed by atoms with van der Waals surface area (Å²) in [7, 11) is -2.43. The van der Waals surface area contributed by atoms with Crippen LogP contribution in [0.5, 0.6) is 5.75 Å². The van der Waals surface area contributed by atoms with Crippen molar-refractivity contribution >= 4 is 33.1 Å². The molecule has 7 nitrogen and oxygen atoms in total. The predicted octanol–water partition coefficient (Wildman–Crippen LogP) is 1.83. The van der Waals surface area contributed by atoms with Gasteiger partial charge in [0.05, 0.1) is 17.8 Å². The van der Waals surface area contributed by atoms with Crippen LogP contribution in [0.2, 0.25) is 5.02 Å². The van der Waals surface area contributed by atoms with Gasteiger partial charge in [-0.25, -0.2) is 19.2 Å². The van der Waals surface area contributed by atoms with E-state index in [9.17, 15) is 8.42 Å². The fraction of sp³-hybridized carbons (Fsp3) is 0.0833. The zero-order chi connectivity index (χ0) is 15.5. The molecule has 0 saturated carbocycles. The topological polar surface area (TPSA) is 106 Å². The van der Waals surface area contributed by atoms with Gasteiger partial charge < -0.3 is 10.2 Å². The van der Waals surface area contributed by atoms with Crippen molar-refractivity contribution in [3.63, 3.8) is 0 Å². The number of rotatable bonds is 5. The molecule has 0 aliphatic heterocycles. The van der Waals surface area contributed by atoms with E-state index in [-0.39, 0.29) is 21.4 Å². The summed E-state index contributed by atoms with van der Waals surface area (Å²) in [5.74, 6) is 5.77. The van der Waals surface area contributed by atoms with Crippen LogP contribution in [0.3, 0.4) is 0 Å². The molecule has 4 N–H and O–H groups in total. The van der Waals surface area contributed by atoms with Crippen molar-refractivity contribution in [1.82, 2.24) is 4.98 Å². The molecule has 0 fully saturated rings. The molecule has 0 aliphatic carbocycles. The second-order valence-corrected chi connectivity index (χ2v) is 6.00. The number of sulfonamides is 1. The van der Waals surface area contributed by atoms with Crippen molar-refractivity contribution in [3.05, 3.63) is 41.6 Å². The van der Waals surface area contributed by atoms with Gasteiger partial charge in [0.15, 0.2) is 5.82 Å².